The quantitative estimate of drug-likeness (QED) is 0.834. The number of piperidine rings is 1. The van der Waals surface area contributed by atoms with Crippen LogP contribution in [0.25, 0.3) is 0 Å². The molecule has 1 amide bonds. The molecule has 2 aromatic heterocycles. The minimum absolute atomic E-state index is 0.0151. The SMILES string of the molecule is Cc1ccc(Nc2ncc(C(=O)N3CCCC[C@H]3C(C)C)cc2Cl)cn1. The maximum Gasteiger partial charge on any atom is 0.255 e. The van der Waals surface area contributed by atoms with E-state index in [0.717, 1.165) is 30.8 Å². The van der Waals surface area contributed by atoms with Gasteiger partial charge in [0, 0.05) is 24.5 Å². The molecule has 1 fully saturated rings. The maximum absolute atomic E-state index is 13.0. The van der Waals surface area contributed by atoms with Crippen molar-refractivity contribution in [1.82, 2.24) is 14.9 Å². The number of anilines is 2. The molecule has 0 saturated carbocycles. The molecule has 0 unspecified atom stereocenters. The molecule has 0 aliphatic carbocycles. The molecule has 1 N–H and O–H groups in total. The zero-order valence-corrected chi connectivity index (χ0v) is 16.3. The number of carbonyl (C=O) groups is 1. The van der Waals surface area contributed by atoms with Crippen LogP contribution in [0.2, 0.25) is 5.02 Å². The van der Waals surface area contributed by atoms with Crippen LogP contribution >= 0.6 is 11.6 Å². The first-order valence-electron chi connectivity index (χ1n) is 9.12. The van der Waals surface area contributed by atoms with E-state index < -0.39 is 0 Å². The van der Waals surface area contributed by atoms with E-state index in [4.69, 9.17) is 11.6 Å². The van der Waals surface area contributed by atoms with Gasteiger partial charge in [-0.2, -0.15) is 0 Å². The zero-order valence-electron chi connectivity index (χ0n) is 15.5. The fraction of sp³-hybridized carbons (Fsp3) is 0.450. The van der Waals surface area contributed by atoms with E-state index in [9.17, 15) is 4.79 Å². The van der Waals surface area contributed by atoms with Gasteiger partial charge in [0.2, 0.25) is 0 Å². The van der Waals surface area contributed by atoms with Crippen LogP contribution < -0.4 is 5.32 Å². The summed E-state index contributed by atoms with van der Waals surface area (Å²) in [5.41, 5.74) is 2.28. The van der Waals surface area contributed by atoms with E-state index in [1.807, 2.05) is 24.0 Å². The number of aryl methyl sites for hydroxylation is 1. The average Bonchev–Trinajstić information content (AvgIpc) is 2.64. The highest BCUT2D eigenvalue weighted by molar-refractivity contribution is 6.33. The Morgan fingerprint density at radius 3 is 2.73 bits per heavy atom. The van der Waals surface area contributed by atoms with Crippen LogP contribution in [0.3, 0.4) is 0 Å². The van der Waals surface area contributed by atoms with Gasteiger partial charge >= 0.3 is 0 Å². The molecule has 138 valence electrons. The smallest absolute Gasteiger partial charge is 0.255 e. The fourth-order valence-corrected chi connectivity index (χ4v) is 3.61. The van der Waals surface area contributed by atoms with Gasteiger partial charge in [0.25, 0.3) is 5.91 Å². The Bertz CT molecular complexity index is 776. The van der Waals surface area contributed by atoms with E-state index in [-0.39, 0.29) is 11.9 Å². The van der Waals surface area contributed by atoms with Crippen LogP contribution in [0.1, 0.15) is 49.2 Å². The summed E-state index contributed by atoms with van der Waals surface area (Å²) in [7, 11) is 0. The highest BCUT2D eigenvalue weighted by atomic mass is 35.5. The first-order valence-corrected chi connectivity index (χ1v) is 9.49. The van der Waals surface area contributed by atoms with Crippen molar-refractivity contribution < 1.29 is 4.79 Å². The molecule has 0 radical (unpaired) electrons. The Kier molecular flexibility index (Phi) is 5.77. The summed E-state index contributed by atoms with van der Waals surface area (Å²) in [5, 5.41) is 3.57. The Balaban J connectivity index is 1.77. The second-order valence-corrected chi connectivity index (χ2v) is 7.58. The van der Waals surface area contributed by atoms with Crippen LogP contribution in [0.15, 0.2) is 30.6 Å². The molecule has 26 heavy (non-hydrogen) atoms. The molecule has 6 heteroatoms. The van der Waals surface area contributed by atoms with Crippen molar-refractivity contribution in [3.63, 3.8) is 0 Å². The number of nitrogens with zero attached hydrogens (tertiary/aromatic N) is 3. The number of hydrogen-bond acceptors (Lipinski definition) is 4. The van der Waals surface area contributed by atoms with Gasteiger partial charge in [0.15, 0.2) is 0 Å². The van der Waals surface area contributed by atoms with Crippen molar-refractivity contribution in [3.05, 3.63) is 46.9 Å². The van der Waals surface area contributed by atoms with Gasteiger partial charge in [0.05, 0.1) is 22.5 Å². The van der Waals surface area contributed by atoms with Gasteiger partial charge in [-0.1, -0.05) is 25.4 Å². The summed E-state index contributed by atoms with van der Waals surface area (Å²) in [6.45, 7) is 7.07. The van der Waals surface area contributed by atoms with Gasteiger partial charge in [-0.05, 0) is 50.3 Å². The van der Waals surface area contributed by atoms with Gasteiger partial charge in [-0.3, -0.25) is 9.78 Å². The molecular formula is C20H25ClN4O. The second kappa shape index (κ2) is 8.04. The lowest BCUT2D eigenvalue weighted by molar-refractivity contribution is 0.0543. The van der Waals surface area contributed by atoms with E-state index in [1.165, 1.54) is 6.42 Å². The Morgan fingerprint density at radius 2 is 2.08 bits per heavy atom. The number of amides is 1. The normalized spacial score (nSPS) is 17.4. The van der Waals surface area contributed by atoms with E-state index >= 15 is 0 Å². The molecule has 1 aliphatic rings. The minimum atomic E-state index is 0.0151. The largest absolute Gasteiger partial charge is 0.338 e. The van der Waals surface area contributed by atoms with Crippen molar-refractivity contribution in [3.8, 4) is 0 Å². The van der Waals surface area contributed by atoms with Gasteiger partial charge in [-0.15, -0.1) is 0 Å². The maximum atomic E-state index is 13.0. The topological polar surface area (TPSA) is 58.1 Å². The van der Waals surface area contributed by atoms with Crippen LogP contribution in [-0.4, -0.2) is 33.4 Å². The fourth-order valence-electron chi connectivity index (χ4n) is 3.39. The first kappa shape index (κ1) is 18.6. The predicted molar refractivity (Wildman–Crippen MR) is 105 cm³/mol. The molecule has 2 aromatic rings. The van der Waals surface area contributed by atoms with Crippen molar-refractivity contribution in [1.29, 1.82) is 0 Å². The molecule has 1 atom stereocenters. The Morgan fingerprint density at radius 1 is 1.27 bits per heavy atom. The third-order valence-electron chi connectivity index (χ3n) is 4.84. The van der Waals surface area contributed by atoms with E-state index in [0.29, 0.717) is 22.3 Å². The molecular weight excluding hydrogens is 348 g/mol. The predicted octanol–water partition coefficient (Wildman–Crippen LogP) is 4.83. The number of aromatic nitrogens is 2. The highest BCUT2D eigenvalue weighted by Gasteiger charge is 2.29. The molecule has 1 aliphatic heterocycles. The van der Waals surface area contributed by atoms with Crippen molar-refractivity contribution in [2.24, 2.45) is 5.92 Å². The van der Waals surface area contributed by atoms with E-state index in [1.54, 1.807) is 18.5 Å². The van der Waals surface area contributed by atoms with Crippen molar-refractivity contribution >= 4 is 29.0 Å². The zero-order chi connectivity index (χ0) is 18.7. The third-order valence-corrected chi connectivity index (χ3v) is 5.13. The number of hydrogen-bond donors (Lipinski definition) is 1. The second-order valence-electron chi connectivity index (χ2n) is 7.17. The molecule has 0 spiro atoms. The van der Waals surface area contributed by atoms with E-state index in [2.05, 4.69) is 29.1 Å². The minimum Gasteiger partial charge on any atom is -0.338 e. The summed E-state index contributed by atoms with van der Waals surface area (Å²) >= 11 is 6.38. The lowest BCUT2D eigenvalue weighted by Gasteiger charge is -2.38. The summed E-state index contributed by atoms with van der Waals surface area (Å²) < 4.78 is 0. The number of halogens is 1. The molecule has 1 saturated heterocycles. The summed E-state index contributed by atoms with van der Waals surface area (Å²) in [6.07, 6.45) is 6.62. The van der Waals surface area contributed by atoms with Crippen LogP contribution in [0.5, 0.6) is 0 Å². The number of likely N-dealkylation sites (tertiary alicyclic amines) is 1. The van der Waals surface area contributed by atoms with Gasteiger partial charge < -0.3 is 10.2 Å². The third kappa shape index (κ3) is 4.15. The lowest BCUT2D eigenvalue weighted by Crippen LogP contribution is -2.46. The molecule has 5 nitrogen and oxygen atoms in total. The standard InChI is InChI=1S/C20H25ClN4O/c1-13(2)18-6-4-5-9-25(18)20(26)15-10-17(21)19(23-11-15)24-16-8-7-14(3)22-12-16/h7-8,10-13,18H,4-6,9H2,1-3H3,(H,23,24)/t18-/m0/s1. The number of pyridine rings is 2. The monoisotopic (exact) mass is 372 g/mol. The van der Waals surface area contributed by atoms with Crippen LogP contribution in [-0.2, 0) is 0 Å². The number of rotatable bonds is 4. The lowest BCUT2D eigenvalue weighted by atomic mass is 9.92. The molecule has 0 bridgehead atoms. The van der Waals surface area contributed by atoms with Crippen LogP contribution in [0, 0.1) is 12.8 Å². The Hall–Kier alpha value is -2.14. The molecule has 3 rings (SSSR count). The highest BCUT2D eigenvalue weighted by Crippen LogP contribution is 2.28. The van der Waals surface area contributed by atoms with Crippen LogP contribution in [0.4, 0.5) is 11.5 Å². The van der Waals surface area contributed by atoms with Gasteiger partial charge in [-0.25, -0.2) is 4.98 Å². The number of carbonyl (C=O) groups excluding carboxylic acids is 1. The average molecular weight is 373 g/mol. The van der Waals surface area contributed by atoms with Gasteiger partial charge in [0.1, 0.15) is 5.82 Å². The first-order chi connectivity index (χ1) is 12.5. The summed E-state index contributed by atoms with van der Waals surface area (Å²) in [5.74, 6) is 0.979. The molecule has 3 heterocycles. The summed E-state index contributed by atoms with van der Waals surface area (Å²) in [6, 6.07) is 5.82. The molecule has 0 aromatic carbocycles. The Labute approximate surface area is 159 Å². The number of nitrogens with one attached hydrogen (secondary N) is 1. The van der Waals surface area contributed by atoms with Crippen molar-refractivity contribution in [2.75, 3.05) is 11.9 Å². The summed E-state index contributed by atoms with van der Waals surface area (Å²) in [4.78, 5) is 23.6. The van der Waals surface area contributed by atoms with Crippen molar-refractivity contribution in [2.45, 2.75) is 46.1 Å².